The number of nitrogens with one attached hydrogen (secondary N) is 1. The highest BCUT2D eigenvalue weighted by atomic mass is 35.5. The largest absolute Gasteiger partial charge is 0.490 e. The molecule has 6 rings (SSSR count). The number of ether oxygens (including phenoxy) is 1. The Morgan fingerprint density at radius 2 is 2.09 bits per heavy atom. The molecular weight excluding hydrogens is 586 g/mol. The molecule has 2 aromatic carbocycles. The van der Waals surface area contributed by atoms with Crippen LogP contribution in [0.2, 0.25) is 5.02 Å². The van der Waals surface area contributed by atoms with Crippen molar-refractivity contribution in [1.29, 1.82) is 0 Å². The molecule has 1 saturated carbocycles. The fraction of sp³-hybridized carbons (Fsp3) is 0.515. The van der Waals surface area contributed by atoms with E-state index in [-0.39, 0.29) is 29.4 Å². The van der Waals surface area contributed by atoms with Gasteiger partial charge in [-0.05, 0) is 98.2 Å². The number of hydrogen-bond donors (Lipinski definition) is 2. The van der Waals surface area contributed by atoms with Crippen LogP contribution < -0.4 is 14.4 Å². The summed E-state index contributed by atoms with van der Waals surface area (Å²) in [4.78, 5) is 28.1. The molecule has 2 heterocycles. The third kappa shape index (κ3) is 6.22. The third-order valence-corrected chi connectivity index (χ3v) is 11.7. The summed E-state index contributed by atoms with van der Waals surface area (Å²) in [5.41, 5.74) is 3.35. The highest BCUT2D eigenvalue weighted by Gasteiger charge is 2.44. The van der Waals surface area contributed by atoms with Gasteiger partial charge in [-0.2, -0.15) is 0 Å². The molecule has 2 N–H and O–H groups in total. The summed E-state index contributed by atoms with van der Waals surface area (Å²) in [6.07, 6.45) is 9.28. The monoisotopic (exact) mass is 625 g/mol. The number of fused-ring (bicyclic) bond motifs is 4. The molecule has 4 aliphatic rings. The lowest BCUT2D eigenvalue weighted by molar-refractivity contribution is -0.118. The van der Waals surface area contributed by atoms with Gasteiger partial charge >= 0.3 is 0 Å². The fourth-order valence-corrected chi connectivity index (χ4v) is 9.00. The van der Waals surface area contributed by atoms with Gasteiger partial charge in [0.1, 0.15) is 15.7 Å². The molecule has 0 saturated heterocycles. The van der Waals surface area contributed by atoms with Gasteiger partial charge in [0.15, 0.2) is 0 Å². The first-order chi connectivity index (χ1) is 20.7. The number of rotatable bonds is 2. The number of allylic oxidation sites excluding steroid dienone is 1. The second kappa shape index (κ2) is 12.3. The van der Waals surface area contributed by atoms with Crippen molar-refractivity contribution >= 4 is 39.0 Å². The van der Waals surface area contributed by atoms with E-state index in [1.807, 2.05) is 18.2 Å². The van der Waals surface area contributed by atoms with Crippen molar-refractivity contribution in [1.82, 2.24) is 4.72 Å². The van der Waals surface area contributed by atoms with Crippen molar-refractivity contribution in [3.05, 3.63) is 70.3 Å². The Morgan fingerprint density at radius 1 is 1.23 bits per heavy atom. The predicted octanol–water partition coefficient (Wildman–Crippen LogP) is 5.60. The Hall–Kier alpha value is -2.88. The Labute approximate surface area is 259 Å². The number of aliphatic hydroxyl groups excluding tert-OH is 1. The number of amides is 2. The topological polar surface area (TPSA) is 108 Å². The summed E-state index contributed by atoms with van der Waals surface area (Å²) in [6.45, 7) is 3.58. The number of halogens is 1. The molecule has 230 valence electrons. The first-order valence-corrected chi connectivity index (χ1v) is 17.5. The zero-order valence-corrected chi connectivity index (χ0v) is 26.2. The van der Waals surface area contributed by atoms with Gasteiger partial charge in [-0.1, -0.05) is 36.7 Å². The van der Waals surface area contributed by atoms with E-state index >= 15 is 0 Å². The average Bonchev–Trinajstić information content (AvgIpc) is 3.11. The maximum Gasteiger partial charge on any atom is 0.286 e. The standard InChI is InChI=1S/C33H40ClN3O5S/c1-2-31(39)35-43(41)16-5-3-4-8-29(38)26-12-9-24(26)19-37-20-33(15-6-7-22-17-25(34)11-13-27(22)33)21-42-30-14-10-23(18-28(30)37)32(40)36-43/h4,8,10-11,13-14,17-18,24,26,29,38H,2-3,5-7,9,12,15-16,19-21H2,1H3,(H,35,36,39,40,41)/b8-4-/t24-,26+,29-,33-,43?/m0/s1. The number of carbonyl (C=O) groups excluding carboxylic acids is 2. The molecule has 2 aromatic rings. The molecule has 2 aliphatic heterocycles. The smallest absolute Gasteiger partial charge is 0.286 e. The molecule has 2 amide bonds. The maximum absolute atomic E-state index is 13.7. The summed E-state index contributed by atoms with van der Waals surface area (Å²) < 4.78 is 26.9. The van der Waals surface area contributed by atoms with E-state index in [1.165, 1.54) is 11.1 Å². The minimum Gasteiger partial charge on any atom is -0.490 e. The lowest BCUT2D eigenvalue weighted by Crippen LogP contribution is -2.49. The van der Waals surface area contributed by atoms with E-state index in [9.17, 15) is 18.9 Å². The highest BCUT2D eigenvalue weighted by Crippen LogP contribution is 2.46. The third-order valence-electron chi connectivity index (χ3n) is 9.60. The second-order valence-corrected chi connectivity index (χ2v) is 15.0. The van der Waals surface area contributed by atoms with E-state index in [0.29, 0.717) is 43.9 Å². The van der Waals surface area contributed by atoms with E-state index in [1.54, 1.807) is 25.1 Å². The van der Waals surface area contributed by atoms with E-state index in [0.717, 1.165) is 42.8 Å². The molecule has 43 heavy (non-hydrogen) atoms. The number of carbonyl (C=O) groups is 2. The summed E-state index contributed by atoms with van der Waals surface area (Å²) in [7, 11) is -3.33. The van der Waals surface area contributed by atoms with E-state index < -0.39 is 27.8 Å². The summed E-state index contributed by atoms with van der Waals surface area (Å²) in [5.74, 6) is 0.114. The van der Waals surface area contributed by atoms with Crippen molar-refractivity contribution in [2.24, 2.45) is 16.2 Å². The second-order valence-electron chi connectivity index (χ2n) is 12.5. The molecule has 8 nitrogen and oxygen atoms in total. The van der Waals surface area contributed by atoms with Gasteiger partial charge in [0.05, 0.1) is 24.2 Å². The number of anilines is 1. The number of hydrogen-bond acceptors (Lipinski definition) is 6. The van der Waals surface area contributed by atoms with Crippen molar-refractivity contribution in [3.8, 4) is 5.75 Å². The number of aliphatic hydroxyl groups is 1. The van der Waals surface area contributed by atoms with Crippen LogP contribution in [0, 0.1) is 11.8 Å². The van der Waals surface area contributed by atoms with Crippen molar-refractivity contribution in [2.45, 2.75) is 69.8 Å². The molecule has 2 aliphatic carbocycles. The van der Waals surface area contributed by atoms with Crippen LogP contribution in [0.1, 0.15) is 73.4 Å². The Bertz CT molecular complexity index is 1570. The number of nitrogens with zero attached hydrogens (tertiary/aromatic N) is 2. The molecule has 1 spiro atoms. The van der Waals surface area contributed by atoms with Gasteiger partial charge in [0.25, 0.3) is 5.91 Å². The van der Waals surface area contributed by atoms with Gasteiger partial charge in [-0.25, -0.2) is 4.21 Å². The lowest BCUT2D eigenvalue weighted by atomic mass is 9.68. The van der Waals surface area contributed by atoms with Crippen LogP contribution in [0.15, 0.2) is 52.9 Å². The zero-order chi connectivity index (χ0) is 30.2. The molecule has 2 bridgehead atoms. The highest BCUT2D eigenvalue weighted by molar-refractivity contribution is 7.92. The minimum absolute atomic E-state index is 0.0447. The molecule has 0 aromatic heterocycles. The fourth-order valence-electron chi connectivity index (χ4n) is 7.13. The zero-order valence-electron chi connectivity index (χ0n) is 24.6. The molecular formula is C33H40ClN3O5S. The summed E-state index contributed by atoms with van der Waals surface area (Å²) in [6, 6.07) is 11.4. The molecule has 0 radical (unpaired) electrons. The Morgan fingerprint density at radius 3 is 2.88 bits per heavy atom. The first kappa shape index (κ1) is 30.2. The van der Waals surface area contributed by atoms with Crippen molar-refractivity contribution in [3.63, 3.8) is 0 Å². The van der Waals surface area contributed by atoms with Gasteiger partial charge in [-0.15, -0.1) is 4.36 Å². The summed E-state index contributed by atoms with van der Waals surface area (Å²) >= 11 is 6.39. The van der Waals surface area contributed by atoms with Crippen LogP contribution in [0.25, 0.3) is 0 Å². The van der Waals surface area contributed by atoms with Crippen LogP contribution in [0.5, 0.6) is 5.75 Å². The normalized spacial score (nSPS) is 31.4. The van der Waals surface area contributed by atoms with Crippen molar-refractivity contribution in [2.75, 3.05) is 30.3 Å². The molecule has 1 unspecified atom stereocenters. The molecule has 10 heteroatoms. The van der Waals surface area contributed by atoms with Crippen LogP contribution >= 0.6 is 11.6 Å². The lowest BCUT2D eigenvalue weighted by Gasteiger charge is -2.45. The van der Waals surface area contributed by atoms with Gasteiger partial charge in [0, 0.05) is 35.5 Å². The van der Waals surface area contributed by atoms with Gasteiger partial charge in [-0.3, -0.25) is 14.3 Å². The van der Waals surface area contributed by atoms with Crippen LogP contribution in [0.3, 0.4) is 0 Å². The van der Waals surface area contributed by atoms with Gasteiger partial charge < -0.3 is 14.7 Å². The maximum atomic E-state index is 13.7. The van der Waals surface area contributed by atoms with Crippen molar-refractivity contribution < 1.29 is 23.6 Å². The SMILES string of the molecule is CCC(=O)NS1(=O)=NC(=O)c2ccc3c(c2)N(C[C@@H]2CC[C@H]2[C@@H](O)/C=C\CCC1)C[C@@]1(CCCc2cc(Cl)ccc21)CO3. The van der Waals surface area contributed by atoms with E-state index in [4.69, 9.17) is 16.3 Å². The Kier molecular flexibility index (Phi) is 8.59. The predicted molar refractivity (Wildman–Crippen MR) is 169 cm³/mol. The molecule has 5 atom stereocenters. The number of benzene rings is 2. The van der Waals surface area contributed by atoms with Crippen LogP contribution in [-0.2, 0) is 26.5 Å². The average molecular weight is 626 g/mol. The minimum atomic E-state index is -3.33. The Balaban J connectivity index is 1.43. The van der Waals surface area contributed by atoms with E-state index in [2.05, 4.69) is 26.1 Å². The molecule has 1 fully saturated rings. The van der Waals surface area contributed by atoms with Gasteiger partial charge in [0.2, 0.25) is 5.91 Å². The summed E-state index contributed by atoms with van der Waals surface area (Å²) in [5, 5.41) is 11.8. The number of aryl methyl sites for hydroxylation is 1. The quantitative estimate of drug-likeness (QED) is 0.421. The van der Waals surface area contributed by atoms with Crippen LogP contribution in [-0.4, -0.2) is 52.7 Å². The first-order valence-electron chi connectivity index (χ1n) is 15.4. The van der Waals surface area contributed by atoms with Crippen LogP contribution in [0.4, 0.5) is 5.69 Å².